The quantitative estimate of drug-likeness (QED) is 0.823. The molecule has 1 rings (SSSR count). The van der Waals surface area contributed by atoms with Crippen LogP contribution in [-0.4, -0.2) is 14.3 Å². The predicted octanol–water partition coefficient (Wildman–Crippen LogP) is 0.812. The van der Waals surface area contributed by atoms with Crippen LogP contribution in [0.1, 0.15) is 24.6 Å². The lowest BCUT2D eigenvalue weighted by Gasteiger charge is -2.01. The summed E-state index contributed by atoms with van der Waals surface area (Å²) in [4.78, 5) is 11.9. The van der Waals surface area contributed by atoms with Crippen molar-refractivity contribution in [1.82, 2.24) is 5.32 Å². The molecule has 0 radical (unpaired) electrons. The summed E-state index contributed by atoms with van der Waals surface area (Å²) in [6.45, 7) is 2.27. The van der Waals surface area contributed by atoms with Gasteiger partial charge < -0.3 is 5.32 Å². The zero-order valence-electron chi connectivity index (χ0n) is 8.89. The third-order valence-electron chi connectivity index (χ3n) is 1.85. The lowest BCUT2D eigenvalue weighted by Crippen LogP contribution is -2.21. The maximum absolute atomic E-state index is 11.2. The van der Waals surface area contributed by atoms with E-state index >= 15 is 0 Å². The second-order valence-electron chi connectivity index (χ2n) is 3.29. The van der Waals surface area contributed by atoms with Crippen molar-refractivity contribution in [3.8, 4) is 0 Å². The Bertz CT molecular complexity index is 465. The SMILES string of the molecule is CCCC(=O)NCc1ccc(S(N)(=O)=O)s1. The molecule has 0 atom stereocenters. The minimum absolute atomic E-state index is 0.0342. The molecule has 0 saturated heterocycles. The van der Waals surface area contributed by atoms with Crippen molar-refractivity contribution < 1.29 is 13.2 Å². The van der Waals surface area contributed by atoms with Gasteiger partial charge in [-0.2, -0.15) is 0 Å². The summed E-state index contributed by atoms with van der Waals surface area (Å²) >= 11 is 1.07. The van der Waals surface area contributed by atoms with Crippen molar-refractivity contribution in [1.29, 1.82) is 0 Å². The minimum Gasteiger partial charge on any atom is -0.351 e. The monoisotopic (exact) mass is 262 g/mol. The average molecular weight is 262 g/mol. The van der Waals surface area contributed by atoms with Gasteiger partial charge in [0.25, 0.3) is 0 Å². The minimum atomic E-state index is -3.62. The number of nitrogens with two attached hydrogens (primary N) is 1. The number of amides is 1. The lowest BCUT2D eigenvalue weighted by atomic mass is 10.3. The second kappa shape index (κ2) is 5.42. The number of rotatable bonds is 5. The van der Waals surface area contributed by atoms with E-state index in [0.717, 1.165) is 22.6 Å². The highest BCUT2D eigenvalue weighted by atomic mass is 32.2. The zero-order valence-corrected chi connectivity index (χ0v) is 10.5. The van der Waals surface area contributed by atoms with Gasteiger partial charge in [-0.05, 0) is 18.6 Å². The van der Waals surface area contributed by atoms with Gasteiger partial charge in [-0.15, -0.1) is 11.3 Å². The van der Waals surface area contributed by atoms with Crippen LogP contribution >= 0.6 is 11.3 Å². The molecule has 1 heterocycles. The van der Waals surface area contributed by atoms with E-state index in [1.54, 1.807) is 6.07 Å². The average Bonchev–Trinajstić information content (AvgIpc) is 2.63. The molecule has 0 bridgehead atoms. The van der Waals surface area contributed by atoms with Gasteiger partial charge in [0.05, 0.1) is 6.54 Å². The van der Waals surface area contributed by atoms with Gasteiger partial charge in [0, 0.05) is 11.3 Å². The van der Waals surface area contributed by atoms with Crippen molar-refractivity contribution in [3.05, 3.63) is 17.0 Å². The number of carbonyl (C=O) groups is 1. The Labute approximate surface area is 98.7 Å². The Hall–Kier alpha value is -0.920. The molecule has 0 spiro atoms. The van der Waals surface area contributed by atoms with Crippen LogP contribution in [0.5, 0.6) is 0 Å². The summed E-state index contributed by atoms with van der Waals surface area (Å²) in [7, 11) is -3.62. The number of hydrogen-bond acceptors (Lipinski definition) is 4. The summed E-state index contributed by atoms with van der Waals surface area (Å²) in [6, 6.07) is 3.10. The van der Waals surface area contributed by atoms with E-state index in [-0.39, 0.29) is 10.1 Å². The summed E-state index contributed by atoms with van der Waals surface area (Å²) in [6.07, 6.45) is 1.27. The van der Waals surface area contributed by atoms with Gasteiger partial charge in [-0.25, -0.2) is 13.6 Å². The van der Waals surface area contributed by atoms with Crippen LogP contribution in [0.15, 0.2) is 16.3 Å². The van der Waals surface area contributed by atoms with E-state index in [2.05, 4.69) is 5.32 Å². The van der Waals surface area contributed by atoms with Crippen LogP contribution in [-0.2, 0) is 21.4 Å². The van der Waals surface area contributed by atoms with Crippen LogP contribution in [0.3, 0.4) is 0 Å². The summed E-state index contributed by atoms with van der Waals surface area (Å²) in [5, 5.41) is 7.67. The Balaban J connectivity index is 2.57. The van der Waals surface area contributed by atoms with E-state index in [1.165, 1.54) is 6.07 Å². The van der Waals surface area contributed by atoms with Crippen LogP contribution in [0.25, 0.3) is 0 Å². The molecule has 0 unspecified atom stereocenters. The molecule has 0 fully saturated rings. The maximum atomic E-state index is 11.2. The number of hydrogen-bond donors (Lipinski definition) is 2. The third-order valence-corrected chi connectivity index (χ3v) is 4.38. The molecule has 0 aromatic carbocycles. The van der Waals surface area contributed by atoms with Crippen molar-refractivity contribution in [2.75, 3.05) is 0 Å². The number of thiophene rings is 1. The van der Waals surface area contributed by atoms with Gasteiger partial charge in [0.15, 0.2) is 0 Å². The lowest BCUT2D eigenvalue weighted by molar-refractivity contribution is -0.121. The van der Waals surface area contributed by atoms with Crippen molar-refractivity contribution in [2.24, 2.45) is 5.14 Å². The summed E-state index contributed by atoms with van der Waals surface area (Å²) in [5.74, 6) is -0.0342. The number of nitrogens with one attached hydrogen (secondary N) is 1. The first-order valence-electron chi connectivity index (χ1n) is 4.81. The Morgan fingerprint density at radius 2 is 2.19 bits per heavy atom. The molecule has 3 N–H and O–H groups in total. The maximum Gasteiger partial charge on any atom is 0.247 e. The molecule has 16 heavy (non-hydrogen) atoms. The normalized spacial score (nSPS) is 11.4. The Kier molecular flexibility index (Phi) is 4.45. The molecular weight excluding hydrogens is 248 g/mol. The molecule has 0 aliphatic rings. The predicted molar refractivity (Wildman–Crippen MR) is 62.4 cm³/mol. The highest BCUT2D eigenvalue weighted by Gasteiger charge is 2.11. The van der Waals surface area contributed by atoms with Crippen molar-refractivity contribution >= 4 is 27.3 Å². The van der Waals surface area contributed by atoms with Gasteiger partial charge in [0.2, 0.25) is 15.9 Å². The topological polar surface area (TPSA) is 89.3 Å². The first kappa shape index (κ1) is 13.1. The standard InChI is InChI=1S/C9H14N2O3S2/c1-2-3-8(12)11-6-7-4-5-9(15-7)16(10,13)14/h4-5H,2-3,6H2,1H3,(H,11,12)(H2,10,13,14). The van der Waals surface area contributed by atoms with E-state index in [1.807, 2.05) is 6.92 Å². The highest BCUT2D eigenvalue weighted by molar-refractivity contribution is 7.91. The van der Waals surface area contributed by atoms with Gasteiger partial charge in [-0.1, -0.05) is 6.92 Å². The number of sulfonamides is 1. The molecule has 7 heteroatoms. The fourth-order valence-corrected chi connectivity index (χ4v) is 2.83. The smallest absolute Gasteiger partial charge is 0.247 e. The number of primary sulfonamides is 1. The molecule has 1 aromatic rings. The van der Waals surface area contributed by atoms with Crippen molar-refractivity contribution in [3.63, 3.8) is 0 Å². The van der Waals surface area contributed by atoms with Crippen LogP contribution in [0.2, 0.25) is 0 Å². The molecular formula is C9H14N2O3S2. The fourth-order valence-electron chi connectivity index (χ4n) is 1.11. The molecule has 0 aliphatic heterocycles. The molecule has 0 saturated carbocycles. The Morgan fingerprint density at radius 1 is 1.50 bits per heavy atom. The van der Waals surface area contributed by atoms with Gasteiger partial charge >= 0.3 is 0 Å². The van der Waals surface area contributed by atoms with E-state index in [9.17, 15) is 13.2 Å². The molecule has 1 amide bonds. The van der Waals surface area contributed by atoms with E-state index in [4.69, 9.17) is 5.14 Å². The van der Waals surface area contributed by atoms with Crippen LogP contribution in [0.4, 0.5) is 0 Å². The zero-order chi connectivity index (χ0) is 12.2. The van der Waals surface area contributed by atoms with E-state index in [0.29, 0.717) is 13.0 Å². The van der Waals surface area contributed by atoms with E-state index < -0.39 is 10.0 Å². The van der Waals surface area contributed by atoms with Gasteiger partial charge in [0.1, 0.15) is 4.21 Å². The second-order valence-corrected chi connectivity index (χ2v) is 6.25. The molecule has 1 aromatic heterocycles. The first-order chi connectivity index (χ1) is 7.43. The third kappa shape index (κ3) is 3.92. The van der Waals surface area contributed by atoms with Crippen LogP contribution in [0, 0.1) is 0 Å². The molecule has 0 aliphatic carbocycles. The summed E-state index contributed by atoms with van der Waals surface area (Å²) in [5.41, 5.74) is 0. The molecule has 5 nitrogen and oxygen atoms in total. The Morgan fingerprint density at radius 3 is 2.69 bits per heavy atom. The highest BCUT2D eigenvalue weighted by Crippen LogP contribution is 2.19. The van der Waals surface area contributed by atoms with Crippen LogP contribution < -0.4 is 10.5 Å². The largest absolute Gasteiger partial charge is 0.351 e. The fraction of sp³-hybridized carbons (Fsp3) is 0.444. The number of carbonyl (C=O) groups excluding carboxylic acids is 1. The van der Waals surface area contributed by atoms with Crippen molar-refractivity contribution in [2.45, 2.75) is 30.5 Å². The first-order valence-corrected chi connectivity index (χ1v) is 7.18. The summed E-state index contributed by atoms with van der Waals surface area (Å²) < 4.78 is 22.1. The molecule has 90 valence electrons. The van der Waals surface area contributed by atoms with Gasteiger partial charge in [-0.3, -0.25) is 4.79 Å².